The third kappa shape index (κ3) is 4.47. The molecule has 6 nitrogen and oxygen atoms in total. The fourth-order valence-corrected chi connectivity index (χ4v) is 3.37. The largest absolute Gasteiger partial charge is 0.309 e. The van der Waals surface area contributed by atoms with E-state index in [1.54, 1.807) is 6.33 Å². The fraction of sp³-hybridized carbons (Fsp3) is 0.556. The fourth-order valence-electron chi connectivity index (χ4n) is 3.37. The average Bonchev–Trinajstić information content (AvgIpc) is 2.54. The van der Waals surface area contributed by atoms with Gasteiger partial charge in [-0.05, 0) is 58.2 Å². The van der Waals surface area contributed by atoms with Gasteiger partial charge in [-0.25, -0.2) is 19.9 Å². The average molecular weight is 326 g/mol. The molecule has 0 amide bonds. The Labute approximate surface area is 143 Å². The molecule has 1 fully saturated rings. The number of anilines is 2. The van der Waals surface area contributed by atoms with Crippen LogP contribution in [0.25, 0.3) is 0 Å². The highest BCUT2D eigenvalue weighted by Gasteiger charge is 2.19. The first-order valence-corrected chi connectivity index (χ1v) is 8.75. The minimum absolute atomic E-state index is 0.590. The van der Waals surface area contributed by atoms with Gasteiger partial charge in [0.25, 0.3) is 0 Å². The molecule has 0 spiro atoms. The maximum Gasteiger partial charge on any atom is 0.228 e. The molecule has 2 aromatic rings. The molecule has 6 heteroatoms. The van der Waals surface area contributed by atoms with Crippen LogP contribution in [0.3, 0.4) is 0 Å². The topological polar surface area (TPSA) is 66.8 Å². The monoisotopic (exact) mass is 326 g/mol. The zero-order chi connectivity index (χ0) is 16.9. The Bertz CT molecular complexity index is 667. The highest BCUT2D eigenvalue weighted by molar-refractivity contribution is 5.48. The van der Waals surface area contributed by atoms with E-state index in [4.69, 9.17) is 0 Å². The summed E-state index contributed by atoms with van der Waals surface area (Å²) in [6.45, 7) is 9.70. The smallest absolute Gasteiger partial charge is 0.228 e. The van der Waals surface area contributed by atoms with Crippen molar-refractivity contribution in [3.63, 3.8) is 0 Å². The van der Waals surface area contributed by atoms with Gasteiger partial charge in [0.05, 0.1) is 0 Å². The second kappa shape index (κ2) is 7.66. The Morgan fingerprint density at radius 3 is 2.71 bits per heavy atom. The molecular weight excluding hydrogens is 300 g/mol. The van der Waals surface area contributed by atoms with Gasteiger partial charge in [-0.1, -0.05) is 6.92 Å². The molecule has 3 heterocycles. The van der Waals surface area contributed by atoms with Crippen LogP contribution in [0.5, 0.6) is 0 Å². The molecule has 0 saturated carbocycles. The SMILES string of the molecule is CCN1CCC[C@H](Cc2cc(Nc3nc(C)cc(C)n3)ncn2)C1. The molecular formula is C18H26N6. The number of nitrogens with zero attached hydrogens (tertiary/aromatic N) is 5. The summed E-state index contributed by atoms with van der Waals surface area (Å²) in [5.74, 6) is 2.03. The van der Waals surface area contributed by atoms with Crippen molar-refractivity contribution in [3.05, 3.63) is 35.5 Å². The number of rotatable bonds is 5. The van der Waals surface area contributed by atoms with Gasteiger partial charge in [0.1, 0.15) is 12.1 Å². The van der Waals surface area contributed by atoms with E-state index >= 15 is 0 Å². The quantitative estimate of drug-likeness (QED) is 0.911. The molecule has 0 radical (unpaired) electrons. The second-order valence-electron chi connectivity index (χ2n) is 6.60. The number of likely N-dealkylation sites (tertiary alicyclic amines) is 1. The molecule has 3 rings (SSSR count). The molecule has 1 atom stereocenters. The summed E-state index contributed by atoms with van der Waals surface area (Å²) in [5, 5.41) is 3.20. The summed E-state index contributed by atoms with van der Waals surface area (Å²) >= 11 is 0. The van der Waals surface area contributed by atoms with Crippen LogP contribution in [0.15, 0.2) is 18.5 Å². The van der Waals surface area contributed by atoms with E-state index < -0.39 is 0 Å². The van der Waals surface area contributed by atoms with Crippen LogP contribution in [-0.2, 0) is 6.42 Å². The molecule has 128 valence electrons. The lowest BCUT2D eigenvalue weighted by Gasteiger charge is -2.31. The highest BCUT2D eigenvalue weighted by atomic mass is 15.1. The number of piperidine rings is 1. The first-order chi connectivity index (χ1) is 11.6. The van der Waals surface area contributed by atoms with Crippen molar-refractivity contribution in [3.8, 4) is 0 Å². The van der Waals surface area contributed by atoms with Crippen LogP contribution in [0.4, 0.5) is 11.8 Å². The van der Waals surface area contributed by atoms with Crippen LogP contribution < -0.4 is 5.32 Å². The number of aryl methyl sites for hydroxylation is 2. The summed E-state index contributed by atoms with van der Waals surface area (Å²) in [6, 6.07) is 3.98. The maximum atomic E-state index is 4.45. The number of hydrogen-bond acceptors (Lipinski definition) is 6. The van der Waals surface area contributed by atoms with Crippen molar-refractivity contribution in [2.45, 2.75) is 40.0 Å². The van der Waals surface area contributed by atoms with E-state index in [0.717, 1.165) is 35.9 Å². The molecule has 0 bridgehead atoms. The Morgan fingerprint density at radius 1 is 1.17 bits per heavy atom. The minimum atomic E-state index is 0.590. The Morgan fingerprint density at radius 2 is 1.96 bits per heavy atom. The lowest BCUT2D eigenvalue weighted by molar-refractivity contribution is 0.181. The van der Waals surface area contributed by atoms with Crippen molar-refractivity contribution < 1.29 is 0 Å². The van der Waals surface area contributed by atoms with Gasteiger partial charge in [0, 0.05) is 29.7 Å². The van der Waals surface area contributed by atoms with Crippen LogP contribution in [0.2, 0.25) is 0 Å². The zero-order valence-electron chi connectivity index (χ0n) is 14.8. The summed E-state index contributed by atoms with van der Waals surface area (Å²) in [4.78, 5) is 20.1. The molecule has 0 unspecified atom stereocenters. The van der Waals surface area contributed by atoms with Gasteiger partial charge in [-0.2, -0.15) is 0 Å². The molecule has 0 aromatic carbocycles. The summed E-state index contributed by atoms with van der Waals surface area (Å²) in [6.07, 6.45) is 5.19. The molecule has 1 saturated heterocycles. The lowest BCUT2D eigenvalue weighted by Crippen LogP contribution is -2.36. The van der Waals surface area contributed by atoms with E-state index in [9.17, 15) is 0 Å². The van der Waals surface area contributed by atoms with Crippen LogP contribution in [0.1, 0.15) is 36.8 Å². The Balaban J connectivity index is 1.67. The van der Waals surface area contributed by atoms with Crippen LogP contribution in [0, 0.1) is 19.8 Å². The molecule has 0 aliphatic carbocycles. The first-order valence-electron chi connectivity index (χ1n) is 8.75. The van der Waals surface area contributed by atoms with E-state index in [1.807, 2.05) is 26.0 Å². The van der Waals surface area contributed by atoms with Crippen molar-refractivity contribution in [1.29, 1.82) is 0 Å². The van der Waals surface area contributed by atoms with Crippen molar-refractivity contribution in [2.24, 2.45) is 5.92 Å². The third-order valence-corrected chi connectivity index (χ3v) is 4.49. The molecule has 1 aliphatic heterocycles. The van der Waals surface area contributed by atoms with Gasteiger partial charge in [0.2, 0.25) is 5.95 Å². The van der Waals surface area contributed by atoms with Gasteiger partial charge < -0.3 is 10.2 Å². The van der Waals surface area contributed by atoms with E-state index in [0.29, 0.717) is 11.9 Å². The van der Waals surface area contributed by atoms with Gasteiger partial charge in [0.15, 0.2) is 0 Å². The summed E-state index contributed by atoms with van der Waals surface area (Å²) < 4.78 is 0. The lowest BCUT2D eigenvalue weighted by atomic mass is 9.93. The van der Waals surface area contributed by atoms with Crippen LogP contribution >= 0.6 is 0 Å². The highest BCUT2D eigenvalue weighted by Crippen LogP contribution is 2.21. The number of nitrogens with one attached hydrogen (secondary N) is 1. The van der Waals surface area contributed by atoms with E-state index in [2.05, 4.69) is 37.1 Å². The normalized spacial score (nSPS) is 18.5. The standard InChI is InChI=1S/C18H26N6/c1-4-24-7-5-6-15(11-24)9-16-10-17(20-12-19-16)23-18-21-13(2)8-14(3)22-18/h8,10,12,15H,4-7,9,11H2,1-3H3,(H,19,20,21,22,23)/t15-/m1/s1. The molecule has 2 aromatic heterocycles. The molecule has 1 aliphatic rings. The predicted molar refractivity (Wildman–Crippen MR) is 95.4 cm³/mol. The third-order valence-electron chi connectivity index (χ3n) is 4.49. The van der Waals surface area contributed by atoms with Gasteiger partial charge in [-0.15, -0.1) is 0 Å². The number of aromatic nitrogens is 4. The maximum absolute atomic E-state index is 4.45. The van der Waals surface area contributed by atoms with Gasteiger partial charge >= 0.3 is 0 Å². The number of hydrogen-bond donors (Lipinski definition) is 1. The van der Waals surface area contributed by atoms with Gasteiger partial charge in [-0.3, -0.25) is 0 Å². The Kier molecular flexibility index (Phi) is 5.35. The second-order valence-corrected chi connectivity index (χ2v) is 6.60. The first kappa shape index (κ1) is 16.8. The zero-order valence-corrected chi connectivity index (χ0v) is 14.8. The van der Waals surface area contributed by atoms with Crippen molar-refractivity contribution in [1.82, 2.24) is 24.8 Å². The Hall–Kier alpha value is -2.08. The summed E-state index contributed by atoms with van der Waals surface area (Å²) in [5.41, 5.74) is 2.97. The minimum Gasteiger partial charge on any atom is -0.309 e. The van der Waals surface area contributed by atoms with Crippen molar-refractivity contribution >= 4 is 11.8 Å². The molecule has 24 heavy (non-hydrogen) atoms. The van der Waals surface area contributed by atoms with Crippen molar-refractivity contribution in [2.75, 3.05) is 25.0 Å². The van der Waals surface area contributed by atoms with Crippen LogP contribution in [-0.4, -0.2) is 44.5 Å². The van der Waals surface area contributed by atoms with E-state index in [1.165, 1.54) is 25.9 Å². The predicted octanol–water partition coefficient (Wildman–Crippen LogP) is 2.90. The molecule has 1 N–H and O–H groups in total. The summed E-state index contributed by atoms with van der Waals surface area (Å²) in [7, 11) is 0. The van der Waals surface area contributed by atoms with E-state index in [-0.39, 0.29) is 0 Å².